The van der Waals surface area contributed by atoms with E-state index in [1.165, 1.54) is 16.8 Å². The van der Waals surface area contributed by atoms with Crippen LogP contribution in [0.2, 0.25) is 0 Å². The topological polar surface area (TPSA) is 64.0 Å². The van der Waals surface area contributed by atoms with Crippen molar-refractivity contribution in [1.82, 2.24) is 15.1 Å². The maximum Gasteiger partial charge on any atom is 0.275 e. The standard InChI is InChI=1S/C19H18FN3O2/c1-12-6-7-16-15(10-12)18(24)17(22-23(16)2)19(25)21-9-8-13-4-3-5-14(20)11-13/h3-7,10-11H,8-9H2,1-2H3,(H,21,25). The zero-order chi connectivity index (χ0) is 18.0. The van der Waals surface area contributed by atoms with Gasteiger partial charge in [-0.05, 0) is 43.2 Å². The van der Waals surface area contributed by atoms with E-state index in [0.29, 0.717) is 23.9 Å². The summed E-state index contributed by atoms with van der Waals surface area (Å²) in [5.74, 6) is -0.843. The number of fused-ring (bicyclic) bond motifs is 1. The number of rotatable bonds is 4. The van der Waals surface area contributed by atoms with E-state index in [2.05, 4.69) is 10.4 Å². The summed E-state index contributed by atoms with van der Waals surface area (Å²) in [4.78, 5) is 24.9. The normalized spacial score (nSPS) is 10.8. The Labute approximate surface area is 144 Å². The van der Waals surface area contributed by atoms with Crippen LogP contribution < -0.4 is 10.7 Å². The second-order valence-electron chi connectivity index (χ2n) is 5.96. The van der Waals surface area contributed by atoms with Gasteiger partial charge in [-0.15, -0.1) is 0 Å². The summed E-state index contributed by atoms with van der Waals surface area (Å²) in [5, 5.41) is 7.24. The Hall–Kier alpha value is -3.02. The van der Waals surface area contributed by atoms with Gasteiger partial charge in [0, 0.05) is 13.6 Å². The quantitative estimate of drug-likeness (QED) is 0.794. The molecule has 1 aromatic heterocycles. The Balaban J connectivity index is 1.80. The van der Waals surface area contributed by atoms with Crippen LogP contribution >= 0.6 is 0 Å². The smallest absolute Gasteiger partial charge is 0.275 e. The third-order valence-corrected chi connectivity index (χ3v) is 4.01. The van der Waals surface area contributed by atoms with E-state index in [9.17, 15) is 14.0 Å². The molecule has 6 heteroatoms. The van der Waals surface area contributed by atoms with Crippen molar-refractivity contribution in [2.45, 2.75) is 13.3 Å². The van der Waals surface area contributed by atoms with Crippen molar-refractivity contribution in [3.63, 3.8) is 0 Å². The van der Waals surface area contributed by atoms with Gasteiger partial charge in [0.15, 0.2) is 5.69 Å². The van der Waals surface area contributed by atoms with Crippen LogP contribution in [0, 0.1) is 12.7 Å². The van der Waals surface area contributed by atoms with E-state index in [1.807, 2.05) is 19.1 Å². The van der Waals surface area contributed by atoms with Gasteiger partial charge in [-0.1, -0.05) is 23.8 Å². The lowest BCUT2D eigenvalue weighted by molar-refractivity contribution is 0.0946. The molecule has 1 heterocycles. The average molecular weight is 339 g/mol. The zero-order valence-electron chi connectivity index (χ0n) is 14.0. The third-order valence-electron chi connectivity index (χ3n) is 4.01. The first kappa shape index (κ1) is 16.8. The lowest BCUT2D eigenvalue weighted by Gasteiger charge is -2.09. The molecule has 0 bridgehead atoms. The molecule has 3 aromatic rings. The molecule has 5 nitrogen and oxygen atoms in total. The fourth-order valence-electron chi connectivity index (χ4n) is 2.74. The van der Waals surface area contributed by atoms with Crippen molar-refractivity contribution >= 4 is 16.8 Å². The number of hydrogen-bond donors (Lipinski definition) is 1. The summed E-state index contributed by atoms with van der Waals surface area (Å²) in [7, 11) is 1.70. The van der Waals surface area contributed by atoms with Crippen molar-refractivity contribution in [3.8, 4) is 0 Å². The second kappa shape index (κ2) is 6.84. The molecular formula is C19H18FN3O2. The monoisotopic (exact) mass is 339 g/mol. The highest BCUT2D eigenvalue weighted by Crippen LogP contribution is 2.11. The van der Waals surface area contributed by atoms with Crippen LogP contribution in [-0.2, 0) is 13.5 Å². The molecule has 128 valence electrons. The predicted octanol–water partition coefficient (Wildman–Crippen LogP) is 2.35. The molecule has 0 spiro atoms. The minimum Gasteiger partial charge on any atom is -0.350 e. The molecule has 25 heavy (non-hydrogen) atoms. The molecule has 0 unspecified atom stereocenters. The van der Waals surface area contributed by atoms with E-state index in [4.69, 9.17) is 0 Å². The molecule has 0 fully saturated rings. The summed E-state index contributed by atoms with van der Waals surface area (Å²) >= 11 is 0. The maximum atomic E-state index is 13.2. The van der Waals surface area contributed by atoms with Gasteiger partial charge in [-0.2, -0.15) is 5.10 Å². The van der Waals surface area contributed by atoms with Gasteiger partial charge in [0.05, 0.1) is 10.9 Å². The first-order valence-electron chi connectivity index (χ1n) is 7.96. The summed E-state index contributed by atoms with van der Waals surface area (Å²) in [6.45, 7) is 2.18. The van der Waals surface area contributed by atoms with Crippen LogP contribution in [0.5, 0.6) is 0 Å². The van der Waals surface area contributed by atoms with Crippen LogP contribution in [0.25, 0.3) is 10.9 Å². The van der Waals surface area contributed by atoms with Crippen molar-refractivity contribution in [1.29, 1.82) is 0 Å². The predicted molar refractivity (Wildman–Crippen MR) is 94.2 cm³/mol. The van der Waals surface area contributed by atoms with Gasteiger partial charge in [0.1, 0.15) is 5.82 Å². The highest BCUT2D eigenvalue weighted by atomic mass is 19.1. The number of benzene rings is 2. The van der Waals surface area contributed by atoms with Crippen LogP contribution in [0.3, 0.4) is 0 Å². The lowest BCUT2D eigenvalue weighted by atomic mass is 10.1. The van der Waals surface area contributed by atoms with Crippen LogP contribution in [0.15, 0.2) is 47.3 Å². The van der Waals surface area contributed by atoms with Crippen molar-refractivity contribution in [2.24, 2.45) is 7.05 Å². The number of aromatic nitrogens is 2. The number of amides is 1. The molecule has 0 saturated heterocycles. The van der Waals surface area contributed by atoms with Gasteiger partial charge in [0.25, 0.3) is 5.91 Å². The first-order chi connectivity index (χ1) is 12.0. The van der Waals surface area contributed by atoms with E-state index in [-0.39, 0.29) is 16.9 Å². The molecule has 3 rings (SSSR count). The van der Waals surface area contributed by atoms with Crippen molar-refractivity contribution < 1.29 is 9.18 Å². The Kier molecular flexibility index (Phi) is 4.61. The number of carbonyl (C=O) groups excluding carboxylic acids is 1. The molecule has 0 aliphatic rings. The largest absolute Gasteiger partial charge is 0.350 e. The SMILES string of the molecule is Cc1ccc2c(c1)c(=O)c(C(=O)NCCc1cccc(F)c1)nn2C. The minimum absolute atomic E-state index is 0.139. The van der Waals surface area contributed by atoms with Gasteiger partial charge in [-0.3, -0.25) is 14.3 Å². The summed E-state index contributed by atoms with van der Waals surface area (Å²) < 4.78 is 14.7. The molecule has 0 saturated carbocycles. The molecule has 1 N–H and O–H groups in total. The fourth-order valence-corrected chi connectivity index (χ4v) is 2.74. The Bertz CT molecular complexity index is 1010. The fraction of sp³-hybridized carbons (Fsp3) is 0.211. The summed E-state index contributed by atoms with van der Waals surface area (Å²) in [6.07, 6.45) is 0.469. The van der Waals surface area contributed by atoms with Gasteiger partial charge >= 0.3 is 0 Å². The zero-order valence-corrected chi connectivity index (χ0v) is 14.0. The van der Waals surface area contributed by atoms with Gasteiger partial charge in [0.2, 0.25) is 5.43 Å². The van der Waals surface area contributed by atoms with Crippen molar-refractivity contribution in [2.75, 3.05) is 6.54 Å². The number of carbonyl (C=O) groups is 1. The molecular weight excluding hydrogens is 321 g/mol. The molecule has 1 amide bonds. The number of aryl methyl sites for hydroxylation is 2. The van der Waals surface area contributed by atoms with E-state index >= 15 is 0 Å². The summed E-state index contributed by atoms with van der Waals surface area (Å²) in [6, 6.07) is 11.6. The van der Waals surface area contributed by atoms with Crippen molar-refractivity contribution in [3.05, 3.63) is 75.3 Å². The first-order valence-corrected chi connectivity index (χ1v) is 7.96. The highest BCUT2D eigenvalue weighted by molar-refractivity contribution is 5.95. The number of halogens is 1. The average Bonchev–Trinajstić information content (AvgIpc) is 2.58. The van der Waals surface area contributed by atoms with Crippen LogP contribution in [-0.4, -0.2) is 22.2 Å². The van der Waals surface area contributed by atoms with E-state index in [1.54, 1.807) is 25.2 Å². The maximum absolute atomic E-state index is 13.2. The van der Waals surface area contributed by atoms with Gasteiger partial charge in [-0.25, -0.2) is 4.39 Å². The second-order valence-corrected chi connectivity index (χ2v) is 5.96. The number of nitrogens with one attached hydrogen (secondary N) is 1. The summed E-state index contributed by atoms with van der Waals surface area (Å²) in [5.41, 5.74) is 1.86. The van der Waals surface area contributed by atoms with E-state index in [0.717, 1.165) is 11.1 Å². The highest BCUT2D eigenvalue weighted by Gasteiger charge is 2.16. The Morgan fingerprint density at radius 1 is 1.24 bits per heavy atom. The molecule has 0 aliphatic carbocycles. The van der Waals surface area contributed by atoms with Gasteiger partial charge < -0.3 is 5.32 Å². The molecule has 2 aromatic carbocycles. The van der Waals surface area contributed by atoms with Crippen LogP contribution in [0.4, 0.5) is 4.39 Å². The van der Waals surface area contributed by atoms with Crippen LogP contribution in [0.1, 0.15) is 21.6 Å². The number of nitrogens with zero attached hydrogens (tertiary/aromatic N) is 2. The minimum atomic E-state index is -0.527. The number of hydrogen-bond acceptors (Lipinski definition) is 3. The Morgan fingerprint density at radius 3 is 2.80 bits per heavy atom. The molecule has 0 aliphatic heterocycles. The molecule has 0 radical (unpaired) electrons. The Morgan fingerprint density at radius 2 is 2.04 bits per heavy atom. The lowest BCUT2D eigenvalue weighted by Crippen LogP contribution is -2.33. The molecule has 0 atom stereocenters. The van der Waals surface area contributed by atoms with E-state index < -0.39 is 5.91 Å². The third kappa shape index (κ3) is 3.57.